The summed E-state index contributed by atoms with van der Waals surface area (Å²) in [6.07, 6.45) is 23.6. The van der Waals surface area contributed by atoms with Crippen LogP contribution < -0.4 is 14.7 Å². The number of pyridine rings is 6. The van der Waals surface area contributed by atoms with E-state index in [4.69, 9.17) is 51.6 Å². The molecule has 8 aliphatic rings. The van der Waals surface area contributed by atoms with Gasteiger partial charge in [-0.3, -0.25) is 35.0 Å². The predicted molar refractivity (Wildman–Crippen MR) is 427 cm³/mol. The second-order valence-electron chi connectivity index (χ2n) is 30.6. The van der Waals surface area contributed by atoms with Crippen LogP contribution in [0.2, 0.25) is 5.15 Å². The fourth-order valence-corrected chi connectivity index (χ4v) is 16.3. The maximum Gasteiger partial charge on any atom is 0.161 e. The molecule has 26 nitrogen and oxygen atoms in total. The molecule has 7 fully saturated rings. The van der Waals surface area contributed by atoms with Gasteiger partial charge in [0.2, 0.25) is 0 Å². The van der Waals surface area contributed by atoms with Crippen molar-refractivity contribution >= 4 is 29.1 Å². The number of aryl methyl sites for hydroxylation is 9. The van der Waals surface area contributed by atoms with E-state index in [2.05, 4.69) is 165 Å². The van der Waals surface area contributed by atoms with Crippen molar-refractivity contribution < 1.29 is 0 Å². The first-order valence-corrected chi connectivity index (χ1v) is 38.9. The van der Waals surface area contributed by atoms with Crippen LogP contribution in [0.5, 0.6) is 0 Å². The molecule has 0 spiro atoms. The highest BCUT2D eigenvalue weighted by molar-refractivity contribution is 6.29. The lowest BCUT2D eigenvalue weighted by Crippen LogP contribution is -2.68. The van der Waals surface area contributed by atoms with Gasteiger partial charge in [0.05, 0.1) is 39.9 Å². The summed E-state index contributed by atoms with van der Waals surface area (Å²) in [5.74, 6) is 6.05. The van der Waals surface area contributed by atoms with Gasteiger partial charge in [-0.05, 0) is 199 Å². The quantitative estimate of drug-likeness (QED) is 0.0634. The van der Waals surface area contributed by atoms with Gasteiger partial charge in [0, 0.05) is 216 Å². The molecule has 13 aromatic heterocycles. The number of nitrogens with one attached hydrogen (secondary N) is 3. The first-order valence-electron chi connectivity index (χ1n) is 38.5. The van der Waals surface area contributed by atoms with Gasteiger partial charge in [0.15, 0.2) is 23.3 Å². The van der Waals surface area contributed by atoms with Crippen molar-refractivity contribution in [2.75, 3.05) is 67.1 Å². The summed E-state index contributed by atoms with van der Waals surface area (Å²) >= 11 is 5.89. The van der Waals surface area contributed by atoms with Gasteiger partial charge >= 0.3 is 0 Å². The highest BCUT2D eigenvalue weighted by Gasteiger charge is 2.46. The molecule has 7 saturated heterocycles. The van der Waals surface area contributed by atoms with Gasteiger partial charge in [-0.2, -0.15) is 20.4 Å². The van der Waals surface area contributed by atoms with Crippen LogP contribution >= 0.6 is 11.6 Å². The van der Waals surface area contributed by atoms with Crippen LogP contribution in [0.25, 0.3) is 40.0 Å². The number of halogens is 1. The summed E-state index contributed by atoms with van der Waals surface area (Å²) in [6, 6.07) is 37.2. The Kier molecular flexibility index (Phi) is 20.8. The number of H-pyrrole nitrogens is 3. The number of anilines is 3. The zero-order chi connectivity index (χ0) is 75.6. The minimum absolute atomic E-state index is 0.531. The van der Waals surface area contributed by atoms with E-state index in [1.165, 1.54) is 52.8 Å². The third-order valence-electron chi connectivity index (χ3n) is 22.0. The first kappa shape index (κ1) is 72.4. The van der Waals surface area contributed by atoms with Crippen LogP contribution in [0.15, 0.2) is 153 Å². The predicted octanol–water partition coefficient (Wildman–Crippen LogP) is 11.5. The fourth-order valence-electron chi connectivity index (χ4n) is 16.2. The Labute approximate surface area is 650 Å². The van der Waals surface area contributed by atoms with E-state index in [0.717, 1.165) is 193 Å². The molecule has 27 heteroatoms. The highest BCUT2D eigenvalue weighted by Crippen LogP contribution is 2.38. The van der Waals surface area contributed by atoms with E-state index >= 15 is 0 Å². The van der Waals surface area contributed by atoms with Gasteiger partial charge in [-0.1, -0.05) is 23.7 Å². The van der Waals surface area contributed by atoms with Crippen LogP contribution in [0.1, 0.15) is 121 Å². The Balaban J connectivity index is 0.000000122. The standard InChI is InChI=1S/C32H34N10.C27H30N8.C25H27ClN8/c1-20-10-25(12-26-11-21(2)37-38-26)36-32(35-20)23-7-9-30(34-15-23)40-18-27-13-28(19-40)41(27)16-22-6-8-31(33-14-22)42-17-24-4-3-5-29(24)39-42;1-17-6-7-28-12-21(17)14-35-24-11-25(35)16-34(15-24)26-5-4-20(13-29-26)27-30-18(2)8-22(31-27)10-23-9-19(3)32-33-23;1-17-11-21(13-22-12-18(2)31-32-22)30-25(29-17)20-4-6-24(28-15-20)34-9-7-33(8-10-34)16-19-3-5-23(26)27-14-19/h6-11,14-15,17,27-28H,3-5,12-13,16,18-19H2,1-2H3,(H,37,38);4-9,12-13,24-25H,10-11,14-16H2,1-3H3,(H,32,33);3-6,11-12,14-15H,7-10,13,16H2,1-2H3,(H,31,32). The molecule has 0 aromatic carbocycles. The summed E-state index contributed by atoms with van der Waals surface area (Å²) in [5.41, 5.74) is 22.2. The molecule has 13 aromatic rings. The fraction of sp³-hybridized carbons (Fsp3) is 0.357. The average molecular weight is 1500 g/mol. The maximum atomic E-state index is 5.89. The van der Waals surface area contributed by atoms with Crippen molar-refractivity contribution in [1.29, 1.82) is 0 Å². The van der Waals surface area contributed by atoms with E-state index in [-0.39, 0.29) is 0 Å². The Morgan fingerprint density at radius 3 is 1.32 bits per heavy atom. The lowest BCUT2D eigenvalue weighted by Gasteiger charge is -2.56. The van der Waals surface area contributed by atoms with Crippen molar-refractivity contribution in [3.05, 3.63) is 260 Å². The number of rotatable bonds is 19. The second kappa shape index (κ2) is 31.9. The molecule has 0 amide bonds. The van der Waals surface area contributed by atoms with Crippen LogP contribution in [0, 0.1) is 48.5 Å². The molecule has 3 N–H and O–H groups in total. The summed E-state index contributed by atoms with van der Waals surface area (Å²) < 4.78 is 1.94. The van der Waals surface area contributed by atoms with E-state index in [9.17, 15) is 0 Å². The van der Waals surface area contributed by atoms with Crippen LogP contribution in [0.3, 0.4) is 0 Å². The van der Waals surface area contributed by atoms with Crippen LogP contribution in [-0.2, 0) is 51.7 Å². The number of hydrogen-bond donors (Lipinski definition) is 3. The molecule has 0 radical (unpaired) electrons. The SMILES string of the molecule is Cc1cc(Cc2cc(C)[nH]n2)nc(-c2ccc(N3CC4CC(C3)N4Cc3ccc(-n4cc5c(n4)CCC5)nc3)nc2)n1.Cc1cc(Cc2cc(C)[nH]n2)nc(-c2ccc(N3CC4CC(C3)N4Cc3cnccc3C)nc2)n1.Cc1cc(Cc2cc(C)[nH]n2)nc(-c2ccc(N3CCN(Cc4ccc(Cl)nc4)CC3)nc2)n1. The zero-order valence-electron chi connectivity index (χ0n) is 63.8. The van der Waals surface area contributed by atoms with Crippen molar-refractivity contribution in [2.45, 2.75) is 144 Å². The zero-order valence-corrected chi connectivity index (χ0v) is 64.6. The lowest BCUT2D eigenvalue weighted by molar-refractivity contribution is -0.00889. The first-order chi connectivity index (χ1) is 54.1. The van der Waals surface area contributed by atoms with E-state index < -0.39 is 0 Å². The summed E-state index contributed by atoms with van der Waals surface area (Å²) in [5, 5.41) is 27.3. The normalized spacial score (nSPS) is 18.0. The van der Waals surface area contributed by atoms with E-state index in [1.807, 2.05) is 126 Å². The number of piperidine rings is 2. The minimum Gasteiger partial charge on any atom is -0.354 e. The average Bonchev–Trinajstić information content (AvgIpc) is 1.51. The number of hydrogen-bond acceptors (Lipinski definition) is 22. The minimum atomic E-state index is 0.531. The van der Waals surface area contributed by atoms with Gasteiger partial charge in [-0.15, -0.1) is 0 Å². The molecule has 4 unspecified atom stereocenters. The Hall–Kier alpha value is -11.5. The lowest BCUT2D eigenvalue weighted by atomic mass is 9.86. The Morgan fingerprint density at radius 2 is 0.883 bits per heavy atom. The van der Waals surface area contributed by atoms with Gasteiger partial charge in [0.25, 0.3) is 0 Å². The van der Waals surface area contributed by atoms with Crippen LogP contribution in [-0.4, -0.2) is 191 Å². The second-order valence-corrected chi connectivity index (χ2v) is 31.0. The number of piperazine rings is 3. The molecule has 564 valence electrons. The van der Waals surface area contributed by atoms with Gasteiger partial charge < -0.3 is 14.7 Å². The van der Waals surface area contributed by atoms with Gasteiger partial charge in [0.1, 0.15) is 22.6 Å². The molecule has 20 heterocycles. The van der Waals surface area contributed by atoms with Gasteiger partial charge in [-0.25, -0.2) is 59.5 Å². The van der Waals surface area contributed by atoms with E-state index in [1.54, 1.807) is 0 Å². The molecule has 4 atom stereocenters. The summed E-state index contributed by atoms with van der Waals surface area (Å²) in [4.78, 5) is 70.8. The molecule has 0 saturated carbocycles. The molecule has 21 rings (SSSR count). The Bertz CT molecular complexity index is 5330. The van der Waals surface area contributed by atoms with Crippen molar-refractivity contribution in [2.24, 2.45) is 0 Å². The topological polar surface area (TPSA) is 278 Å². The summed E-state index contributed by atoms with van der Waals surface area (Å²) in [7, 11) is 0. The molecule has 111 heavy (non-hydrogen) atoms. The molecule has 1 aliphatic carbocycles. The molecule has 7 aliphatic heterocycles. The number of nitrogens with zero attached hydrogens (tertiary/aromatic N) is 23. The number of aromatic nitrogens is 20. The maximum absolute atomic E-state index is 5.89. The third kappa shape index (κ3) is 17.0. The van der Waals surface area contributed by atoms with E-state index in [0.29, 0.717) is 66.1 Å². The van der Waals surface area contributed by atoms with Crippen molar-refractivity contribution in [1.82, 2.24) is 115 Å². The molecular formula is C84H91ClN26. The summed E-state index contributed by atoms with van der Waals surface area (Å²) in [6.45, 7) is 24.8. The Morgan fingerprint density at radius 1 is 0.423 bits per heavy atom. The van der Waals surface area contributed by atoms with Crippen molar-refractivity contribution in [3.63, 3.8) is 0 Å². The molecular weight excluding hydrogens is 1410 g/mol. The third-order valence-corrected chi connectivity index (χ3v) is 22.2. The number of fused-ring (bicyclic) bond motifs is 5. The largest absolute Gasteiger partial charge is 0.354 e. The highest BCUT2D eigenvalue weighted by atomic mass is 35.5. The smallest absolute Gasteiger partial charge is 0.161 e. The monoisotopic (exact) mass is 1500 g/mol. The van der Waals surface area contributed by atoms with Crippen molar-refractivity contribution in [3.8, 4) is 40.0 Å². The van der Waals surface area contributed by atoms with Crippen LogP contribution in [0.4, 0.5) is 17.5 Å². The number of aromatic amines is 3. The molecule has 4 bridgehead atoms.